The number of amides is 2. The SMILES string of the molecule is COC(=O)N1CC[C@@]2(CNC(=O)c3c2[nH]c(-c2ccncc2F)c3Nc2cccc(Cl)c2OC)C1. The minimum atomic E-state index is -0.589. The highest BCUT2D eigenvalue weighted by atomic mass is 35.5. The minimum absolute atomic E-state index is 0.240. The number of carbonyl (C=O) groups excluding carboxylic acids is 2. The molecule has 4 heterocycles. The lowest BCUT2D eigenvalue weighted by molar-refractivity contribution is 0.0924. The number of nitrogens with zero attached hydrogens (tertiary/aromatic N) is 2. The van der Waals surface area contributed by atoms with E-state index in [0.717, 1.165) is 6.20 Å². The van der Waals surface area contributed by atoms with Crippen LogP contribution in [0.25, 0.3) is 11.3 Å². The van der Waals surface area contributed by atoms with E-state index in [1.54, 1.807) is 23.1 Å². The summed E-state index contributed by atoms with van der Waals surface area (Å²) in [6.07, 6.45) is 2.75. The molecule has 0 aliphatic carbocycles. The number of anilines is 2. The van der Waals surface area contributed by atoms with Gasteiger partial charge in [-0.1, -0.05) is 17.7 Å². The molecule has 0 bridgehead atoms. The number of nitrogens with one attached hydrogen (secondary N) is 3. The van der Waals surface area contributed by atoms with Gasteiger partial charge >= 0.3 is 6.09 Å². The second-order valence-corrected chi connectivity index (χ2v) is 8.94. The number of benzene rings is 1. The number of carbonyl (C=O) groups is 2. The highest BCUT2D eigenvalue weighted by Crippen LogP contribution is 2.46. The van der Waals surface area contributed by atoms with Crippen molar-refractivity contribution >= 4 is 35.0 Å². The normalized spacial score (nSPS) is 18.9. The number of methoxy groups -OCH3 is 2. The van der Waals surface area contributed by atoms with Crippen LogP contribution < -0.4 is 15.4 Å². The molecule has 35 heavy (non-hydrogen) atoms. The zero-order valence-corrected chi connectivity index (χ0v) is 19.8. The molecule has 0 saturated carbocycles. The molecular formula is C24H23ClFN5O4. The lowest BCUT2D eigenvalue weighted by Crippen LogP contribution is -2.49. The third-order valence-electron chi connectivity index (χ3n) is 6.60. The van der Waals surface area contributed by atoms with Gasteiger partial charge in [0.1, 0.15) is 0 Å². The Bertz CT molecular complexity index is 1330. The molecule has 2 aliphatic heterocycles. The van der Waals surface area contributed by atoms with Crippen molar-refractivity contribution in [3.8, 4) is 17.0 Å². The van der Waals surface area contributed by atoms with Crippen molar-refractivity contribution in [2.75, 3.05) is 39.2 Å². The van der Waals surface area contributed by atoms with Gasteiger partial charge in [0.05, 0.1) is 48.1 Å². The summed E-state index contributed by atoms with van der Waals surface area (Å²) in [6, 6.07) is 6.71. The predicted octanol–water partition coefficient (Wildman–Crippen LogP) is 4.07. The zero-order chi connectivity index (χ0) is 24.7. The van der Waals surface area contributed by atoms with E-state index < -0.39 is 17.3 Å². The van der Waals surface area contributed by atoms with Crippen LogP contribution in [0.3, 0.4) is 0 Å². The molecule has 1 fully saturated rings. The molecule has 5 rings (SSSR count). The number of para-hydroxylation sites is 1. The average molecular weight is 500 g/mol. The molecule has 0 radical (unpaired) electrons. The number of halogens is 2. The maximum Gasteiger partial charge on any atom is 0.409 e. The monoisotopic (exact) mass is 499 g/mol. The Kier molecular flexibility index (Phi) is 5.76. The molecule has 3 aromatic rings. The van der Waals surface area contributed by atoms with Crippen molar-refractivity contribution in [1.82, 2.24) is 20.2 Å². The summed E-state index contributed by atoms with van der Waals surface area (Å²) in [5, 5.41) is 6.59. The third kappa shape index (κ3) is 3.74. The minimum Gasteiger partial charge on any atom is -0.493 e. The second kappa shape index (κ2) is 8.77. The van der Waals surface area contributed by atoms with Crippen molar-refractivity contribution < 1.29 is 23.5 Å². The van der Waals surface area contributed by atoms with Gasteiger partial charge < -0.3 is 30.0 Å². The van der Waals surface area contributed by atoms with Gasteiger partial charge in [-0.25, -0.2) is 9.18 Å². The highest BCUT2D eigenvalue weighted by molar-refractivity contribution is 6.32. The first-order chi connectivity index (χ1) is 16.9. The van der Waals surface area contributed by atoms with E-state index in [1.807, 2.05) is 0 Å². The summed E-state index contributed by atoms with van der Waals surface area (Å²) in [4.78, 5) is 34.2. The van der Waals surface area contributed by atoms with E-state index in [1.165, 1.54) is 26.5 Å². The van der Waals surface area contributed by atoms with Gasteiger partial charge in [0, 0.05) is 42.5 Å². The maximum absolute atomic E-state index is 14.9. The Labute approximate surface area is 205 Å². The van der Waals surface area contributed by atoms with Crippen molar-refractivity contribution in [3.63, 3.8) is 0 Å². The van der Waals surface area contributed by atoms with Gasteiger partial charge in [-0.05, 0) is 24.6 Å². The van der Waals surface area contributed by atoms with Gasteiger partial charge in [-0.2, -0.15) is 0 Å². The Morgan fingerprint density at radius 2 is 2.14 bits per heavy atom. The second-order valence-electron chi connectivity index (χ2n) is 8.53. The summed E-state index contributed by atoms with van der Waals surface area (Å²) >= 11 is 6.31. The number of fused-ring (bicyclic) bond motifs is 2. The fraction of sp³-hybridized carbons (Fsp3) is 0.292. The van der Waals surface area contributed by atoms with Crippen molar-refractivity contribution in [3.05, 3.63) is 58.8 Å². The van der Waals surface area contributed by atoms with Crippen molar-refractivity contribution in [2.45, 2.75) is 11.8 Å². The van der Waals surface area contributed by atoms with E-state index in [0.29, 0.717) is 65.2 Å². The molecule has 9 nitrogen and oxygen atoms in total. The number of aromatic nitrogens is 2. The maximum atomic E-state index is 14.9. The third-order valence-corrected chi connectivity index (χ3v) is 6.90. The molecule has 3 N–H and O–H groups in total. The van der Waals surface area contributed by atoms with Crippen molar-refractivity contribution in [2.24, 2.45) is 0 Å². The van der Waals surface area contributed by atoms with E-state index in [-0.39, 0.29) is 11.5 Å². The molecule has 182 valence electrons. The zero-order valence-electron chi connectivity index (χ0n) is 19.1. The number of aromatic amines is 1. The van der Waals surface area contributed by atoms with E-state index >= 15 is 0 Å². The van der Waals surface area contributed by atoms with Crippen LogP contribution in [0.15, 0.2) is 36.7 Å². The Balaban J connectivity index is 1.71. The molecule has 1 aromatic carbocycles. The molecule has 1 atom stereocenters. The average Bonchev–Trinajstić information content (AvgIpc) is 3.45. The predicted molar refractivity (Wildman–Crippen MR) is 128 cm³/mol. The highest BCUT2D eigenvalue weighted by Gasteiger charge is 2.49. The first-order valence-corrected chi connectivity index (χ1v) is 11.3. The van der Waals surface area contributed by atoms with Gasteiger partial charge in [0.15, 0.2) is 11.6 Å². The summed E-state index contributed by atoms with van der Waals surface area (Å²) in [5.41, 5.74) is 1.88. The lowest BCUT2D eigenvalue weighted by atomic mass is 9.79. The lowest BCUT2D eigenvalue weighted by Gasteiger charge is -2.33. The first-order valence-electron chi connectivity index (χ1n) is 11.0. The summed E-state index contributed by atoms with van der Waals surface area (Å²) in [6.45, 7) is 1.13. The topological polar surface area (TPSA) is 109 Å². The molecule has 2 amide bonds. The van der Waals surface area contributed by atoms with Crippen LogP contribution in [0.5, 0.6) is 5.75 Å². The summed E-state index contributed by atoms with van der Waals surface area (Å²) in [5.74, 6) is -0.485. The quantitative estimate of drug-likeness (QED) is 0.499. The van der Waals surface area contributed by atoms with Gasteiger partial charge in [0.2, 0.25) is 0 Å². The first kappa shape index (κ1) is 23.0. The molecule has 1 spiro atoms. The van der Waals surface area contributed by atoms with Crippen LogP contribution in [0.4, 0.5) is 20.6 Å². The molecule has 11 heteroatoms. The number of likely N-dealkylation sites (tertiary alicyclic amines) is 1. The van der Waals surface area contributed by atoms with E-state index in [4.69, 9.17) is 21.1 Å². The number of hydrogen-bond acceptors (Lipinski definition) is 6. The van der Waals surface area contributed by atoms with Gasteiger partial charge in [-0.3, -0.25) is 9.78 Å². The van der Waals surface area contributed by atoms with E-state index in [2.05, 4.69) is 20.6 Å². The fourth-order valence-electron chi connectivity index (χ4n) is 4.91. The summed E-state index contributed by atoms with van der Waals surface area (Å²) in [7, 11) is 2.82. The van der Waals surface area contributed by atoms with E-state index in [9.17, 15) is 14.0 Å². The van der Waals surface area contributed by atoms with Crippen molar-refractivity contribution in [1.29, 1.82) is 0 Å². The Morgan fingerprint density at radius 1 is 1.31 bits per heavy atom. The number of ether oxygens (including phenoxy) is 2. The molecule has 2 aromatic heterocycles. The smallest absolute Gasteiger partial charge is 0.409 e. The summed E-state index contributed by atoms with van der Waals surface area (Å²) < 4.78 is 25.3. The number of H-pyrrole nitrogens is 1. The van der Waals surface area contributed by atoms with Crippen LogP contribution in [0.2, 0.25) is 5.02 Å². The van der Waals surface area contributed by atoms with Crippen LogP contribution in [0.1, 0.15) is 22.5 Å². The number of hydrogen-bond donors (Lipinski definition) is 3. The van der Waals surface area contributed by atoms with Crippen LogP contribution in [-0.4, -0.2) is 60.7 Å². The van der Waals surface area contributed by atoms with Crippen LogP contribution in [0, 0.1) is 5.82 Å². The van der Waals surface area contributed by atoms with Crippen LogP contribution in [-0.2, 0) is 10.2 Å². The number of pyridine rings is 1. The van der Waals surface area contributed by atoms with Gasteiger partial charge in [0.25, 0.3) is 5.91 Å². The molecule has 1 saturated heterocycles. The molecule has 0 unspecified atom stereocenters. The van der Waals surface area contributed by atoms with Crippen LogP contribution >= 0.6 is 11.6 Å². The molecule has 2 aliphatic rings. The largest absolute Gasteiger partial charge is 0.493 e. The molecular weight excluding hydrogens is 477 g/mol. The fourth-order valence-corrected chi connectivity index (χ4v) is 5.16. The Hall–Kier alpha value is -3.79. The Morgan fingerprint density at radius 3 is 2.89 bits per heavy atom. The standard InChI is InChI=1S/C24H23ClFN5O4/c1-34-20-14(25)4-3-5-16(20)29-19-17-21(30-18(19)13-6-8-27-10-15(13)26)24(11-28-22(17)32)7-9-31(12-24)23(33)35-2/h3-6,8,10,29-30H,7,9,11-12H2,1-2H3,(H,28,32)/t24-/m1/s1. The van der Waals surface area contributed by atoms with Gasteiger partial charge in [-0.15, -0.1) is 0 Å². The number of rotatable bonds is 4.